The Balaban J connectivity index is 1.68. The summed E-state index contributed by atoms with van der Waals surface area (Å²) in [7, 11) is 1.66. The van der Waals surface area contributed by atoms with Crippen molar-refractivity contribution in [1.29, 1.82) is 0 Å². The Morgan fingerprint density at radius 2 is 2.19 bits per heavy atom. The largest absolute Gasteiger partial charge is 0.381 e. The van der Waals surface area contributed by atoms with Gasteiger partial charge in [0.2, 0.25) is 0 Å². The van der Waals surface area contributed by atoms with Gasteiger partial charge in [-0.3, -0.25) is 4.68 Å². The molecule has 1 aliphatic rings. The molecule has 0 aliphatic carbocycles. The van der Waals surface area contributed by atoms with Gasteiger partial charge in [0.15, 0.2) is 5.82 Å². The molecule has 1 N–H and O–H groups in total. The van der Waals surface area contributed by atoms with Gasteiger partial charge in [0.05, 0.1) is 24.5 Å². The highest BCUT2D eigenvalue weighted by molar-refractivity contribution is 5.37. The third kappa shape index (κ3) is 4.22. The van der Waals surface area contributed by atoms with E-state index < -0.39 is 0 Å². The number of rotatable bonds is 8. The highest BCUT2D eigenvalue weighted by Gasteiger charge is 2.20. The first-order chi connectivity index (χ1) is 12.6. The van der Waals surface area contributed by atoms with Crippen molar-refractivity contribution in [2.45, 2.75) is 52.7 Å². The van der Waals surface area contributed by atoms with E-state index in [-0.39, 0.29) is 0 Å². The molecule has 1 saturated heterocycles. The molecule has 0 saturated carbocycles. The first kappa shape index (κ1) is 18.8. The quantitative estimate of drug-likeness (QED) is 0.781. The number of aromatic nitrogens is 4. The second kappa shape index (κ2) is 8.60. The summed E-state index contributed by atoms with van der Waals surface area (Å²) in [5.74, 6) is 1.89. The molecule has 0 bridgehead atoms. The summed E-state index contributed by atoms with van der Waals surface area (Å²) in [6.07, 6.45) is 2.03. The minimum absolute atomic E-state index is 0.345. The van der Waals surface area contributed by atoms with Crippen molar-refractivity contribution in [1.82, 2.24) is 19.7 Å². The minimum Gasteiger partial charge on any atom is -0.381 e. The van der Waals surface area contributed by atoms with E-state index in [1.807, 2.05) is 6.07 Å². The molecule has 1 fully saturated rings. The molecular formula is C19H29N5O2. The average molecular weight is 359 g/mol. The van der Waals surface area contributed by atoms with Crippen molar-refractivity contribution in [2.24, 2.45) is 0 Å². The lowest BCUT2D eigenvalue weighted by Gasteiger charge is -2.13. The normalized spacial score (nSPS) is 17.0. The van der Waals surface area contributed by atoms with Gasteiger partial charge in [-0.1, -0.05) is 6.92 Å². The molecule has 0 aromatic carbocycles. The fourth-order valence-corrected chi connectivity index (χ4v) is 3.53. The predicted octanol–water partition coefficient (Wildman–Crippen LogP) is 2.61. The van der Waals surface area contributed by atoms with Crippen LogP contribution in [0.15, 0.2) is 6.07 Å². The number of aryl methyl sites for hydroxylation is 1. The second-order valence-electron chi connectivity index (χ2n) is 6.74. The van der Waals surface area contributed by atoms with Crippen LogP contribution < -0.4 is 5.32 Å². The van der Waals surface area contributed by atoms with Crippen LogP contribution in [0.3, 0.4) is 0 Å². The van der Waals surface area contributed by atoms with Crippen molar-refractivity contribution in [2.75, 3.05) is 32.2 Å². The summed E-state index contributed by atoms with van der Waals surface area (Å²) in [4.78, 5) is 9.21. The van der Waals surface area contributed by atoms with Crippen LogP contribution in [-0.4, -0.2) is 46.6 Å². The van der Waals surface area contributed by atoms with Gasteiger partial charge in [0, 0.05) is 37.9 Å². The number of anilines is 1. The van der Waals surface area contributed by atoms with Crippen LogP contribution in [0.2, 0.25) is 0 Å². The summed E-state index contributed by atoms with van der Waals surface area (Å²) in [5, 5.41) is 8.07. The highest BCUT2D eigenvalue weighted by atomic mass is 16.5. The van der Waals surface area contributed by atoms with Crippen molar-refractivity contribution >= 4 is 5.82 Å². The third-order valence-electron chi connectivity index (χ3n) is 4.93. The van der Waals surface area contributed by atoms with E-state index in [9.17, 15) is 0 Å². The van der Waals surface area contributed by atoms with E-state index in [4.69, 9.17) is 9.47 Å². The van der Waals surface area contributed by atoms with Crippen LogP contribution >= 0.6 is 0 Å². The molecule has 0 radical (unpaired) electrons. The Labute approximate surface area is 155 Å². The van der Waals surface area contributed by atoms with Crippen molar-refractivity contribution in [3.05, 3.63) is 34.5 Å². The third-order valence-corrected chi connectivity index (χ3v) is 4.93. The van der Waals surface area contributed by atoms with Gasteiger partial charge in [0.1, 0.15) is 12.4 Å². The summed E-state index contributed by atoms with van der Waals surface area (Å²) in [6.45, 7) is 9.89. The summed E-state index contributed by atoms with van der Waals surface area (Å²) >= 11 is 0. The molecule has 0 amide bonds. The standard InChI is InChI=1S/C19H29N5O2/c1-5-16-13(2)23-24(14(16)3)8-7-20-18-10-17(15-6-9-26-11-15)21-19(22-18)12-25-4/h10,15H,5-9,11-12H2,1-4H3,(H,20,21,22)/t15-/m0/s1. The molecule has 142 valence electrons. The number of nitrogens with zero attached hydrogens (tertiary/aromatic N) is 4. The van der Waals surface area contributed by atoms with Crippen molar-refractivity contribution < 1.29 is 9.47 Å². The zero-order valence-corrected chi connectivity index (χ0v) is 16.2. The van der Waals surface area contributed by atoms with E-state index in [0.717, 1.165) is 56.4 Å². The number of hydrogen-bond donors (Lipinski definition) is 1. The minimum atomic E-state index is 0.345. The Morgan fingerprint density at radius 1 is 1.35 bits per heavy atom. The topological polar surface area (TPSA) is 74.1 Å². The van der Waals surface area contributed by atoms with E-state index in [1.54, 1.807) is 7.11 Å². The lowest BCUT2D eigenvalue weighted by Crippen LogP contribution is -2.15. The van der Waals surface area contributed by atoms with Gasteiger partial charge in [-0.25, -0.2) is 9.97 Å². The number of nitrogens with one attached hydrogen (secondary N) is 1. The lowest BCUT2D eigenvalue weighted by molar-refractivity contribution is 0.177. The summed E-state index contributed by atoms with van der Waals surface area (Å²) in [6, 6.07) is 2.04. The zero-order valence-electron chi connectivity index (χ0n) is 16.2. The maximum atomic E-state index is 5.50. The van der Waals surface area contributed by atoms with Crippen LogP contribution in [0.1, 0.15) is 47.7 Å². The molecule has 7 heteroatoms. The number of hydrogen-bond acceptors (Lipinski definition) is 6. The van der Waals surface area contributed by atoms with E-state index in [0.29, 0.717) is 18.3 Å². The predicted molar refractivity (Wildman–Crippen MR) is 100 cm³/mol. The molecule has 1 atom stereocenters. The molecule has 0 spiro atoms. The Morgan fingerprint density at radius 3 is 2.85 bits per heavy atom. The van der Waals surface area contributed by atoms with Gasteiger partial charge in [-0.15, -0.1) is 0 Å². The van der Waals surface area contributed by atoms with Gasteiger partial charge < -0.3 is 14.8 Å². The molecule has 3 rings (SSSR count). The monoisotopic (exact) mass is 359 g/mol. The van der Waals surface area contributed by atoms with Crippen molar-refractivity contribution in [3.8, 4) is 0 Å². The molecule has 26 heavy (non-hydrogen) atoms. The molecule has 3 heterocycles. The maximum absolute atomic E-state index is 5.50. The maximum Gasteiger partial charge on any atom is 0.156 e. The van der Waals surface area contributed by atoms with E-state index in [1.165, 1.54) is 11.3 Å². The molecule has 2 aromatic heterocycles. The molecule has 0 unspecified atom stereocenters. The molecule has 1 aliphatic heterocycles. The van der Waals surface area contributed by atoms with Crippen LogP contribution in [0.5, 0.6) is 0 Å². The highest BCUT2D eigenvalue weighted by Crippen LogP contribution is 2.25. The number of methoxy groups -OCH3 is 1. The van der Waals surface area contributed by atoms with E-state index in [2.05, 4.69) is 45.8 Å². The summed E-state index contributed by atoms with van der Waals surface area (Å²) < 4.78 is 12.8. The zero-order chi connectivity index (χ0) is 18.5. The van der Waals surface area contributed by atoms with E-state index >= 15 is 0 Å². The Kier molecular flexibility index (Phi) is 6.21. The molecular weight excluding hydrogens is 330 g/mol. The first-order valence-corrected chi connectivity index (χ1v) is 9.33. The fraction of sp³-hybridized carbons (Fsp3) is 0.632. The van der Waals surface area contributed by atoms with Crippen LogP contribution in [0, 0.1) is 13.8 Å². The SMILES string of the molecule is CCc1c(C)nn(CCNc2cc([C@H]3CCOC3)nc(COC)n2)c1C. The van der Waals surface area contributed by atoms with Gasteiger partial charge >= 0.3 is 0 Å². The first-order valence-electron chi connectivity index (χ1n) is 9.33. The van der Waals surface area contributed by atoms with Crippen LogP contribution in [-0.2, 0) is 29.0 Å². The number of ether oxygens (including phenoxy) is 2. The average Bonchev–Trinajstić information content (AvgIpc) is 3.24. The Hall–Kier alpha value is -1.99. The smallest absolute Gasteiger partial charge is 0.156 e. The van der Waals surface area contributed by atoms with Gasteiger partial charge in [0.25, 0.3) is 0 Å². The van der Waals surface area contributed by atoms with Crippen LogP contribution in [0.25, 0.3) is 0 Å². The lowest BCUT2D eigenvalue weighted by atomic mass is 10.0. The van der Waals surface area contributed by atoms with Crippen LogP contribution in [0.4, 0.5) is 5.82 Å². The molecule has 2 aromatic rings. The molecule has 7 nitrogen and oxygen atoms in total. The summed E-state index contributed by atoms with van der Waals surface area (Å²) in [5.41, 5.74) is 4.75. The Bertz CT molecular complexity index is 738. The van der Waals surface area contributed by atoms with Crippen molar-refractivity contribution in [3.63, 3.8) is 0 Å². The second-order valence-corrected chi connectivity index (χ2v) is 6.74. The fourth-order valence-electron chi connectivity index (χ4n) is 3.53. The van der Waals surface area contributed by atoms with Gasteiger partial charge in [-0.05, 0) is 32.3 Å². The van der Waals surface area contributed by atoms with Gasteiger partial charge in [-0.2, -0.15) is 5.10 Å².